The zero-order valence-corrected chi connectivity index (χ0v) is 17.7. The number of nitrogens with zero attached hydrogens (tertiary/aromatic N) is 5. The minimum atomic E-state index is -0.202. The average molecular weight is 428 g/mol. The molecule has 8 heteroatoms. The summed E-state index contributed by atoms with van der Waals surface area (Å²) in [4.78, 5) is 23.8. The van der Waals surface area contributed by atoms with Gasteiger partial charge >= 0.3 is 6.03 Å². The molecule has 8 nitrogen and oxygen atoms in total. The fourth-order valence-electron chi connectivity index (χ4n) is 4.22. The van der Waals surface area contributed by atoms with E-state index in [9.17, 15) is 4.79 Å². The van der Waals surface area contributed by atoms with Crippen LogP contribution in [0, 0.1) is 0 Å². The normalized spacial score (nSPS) is 16.1. The molecule has 1 atom stereocenters. The van der Waals surface area contributed by atoms with Crippen LogP contribution in [-0.4, -0.2) is 44.9 Å². The van der Waals surface area contributed by atoms with Crippen LogP contribution in [0.1, 0.15) is 19.3 Å². The zero-order valence-electron chi connectivity index (χ0n) is 17.7. The van der Waals surface area contributed by atoms with Crippen molar-refractivity contribution < 1.29 is 4.79 Å². The standard InChI is InChI=1S/C24H25N7O/c32-24(29-18-9-3-1-4-10-18)25-15-20-13-7-8-14-30(20)22-21-16-28-31(23(21)27-17-26-22)19-11-5-2-6-12-19/h1-6,9-12,16-17,20H,7-8,13-15H2,(H2,25,29,32). The number of carbonyl (C=O) groups excluding carboxylic acids is 1. The van der Waals surface area contributed by atoms with Crippen molar-refractivity contribution in [2.75, 3.05) is 23.3 Å². The first-order chi connectivity index (χ1) is 15.8. The second-order valence-electron chi connectivity index (χ2n) is 7.87. The number of anilines is 2. The van der Waals surface area contributed by atoms with Crippen molar-refractivity contribution in [1.29, 1.82) is 0 Å². The van der Waals surface area contributed by atoms with E-state index in [1.54, 1.807) is 6.33 Å². The van der Waals surface area contributed by atoms with E-state index in [4.69, 9.17) is 0 Å². The van der Waals surface area contributed by atoms with Gasteiger partial charge in [-0.3, -0.25) is 0 Å². The summed E-state index contributed by atoms with van der Waals surface area (Å²) in [6.45, 7) is 1.42. The molecule has 0 spiro atoms. The summed E-state index contributed by atoms with van der Waals surface area (Å²) in [6, 6.07) is 19.4. The highest BCUT2D eigenvalue weighted by atomic mass is 16.2. The van der Waals surface area contributed by atoms with E-state index >= 15 is 0 Å². The molecule has 2 aromatic carbocycles. The molecule has 0 radical (unpaired) electrons. The highest BCUT2D eigenvalue weighted by molar-refractivity contribution is 5.89. The van der Waals surface area contributed by atoms with Crippen LogP contribution in [0.3, 0.4) is 0 Å². The van der Waals surface area contributed by atoms with Crippen LogP contribution < -0.4 is 15.5 Å². The van der Waals surface area contributed by atoms with Crippen molar-refractivity contribution in [3.05, 3.63) is 73.2 Å². The molecule has 0 saturated carbocycles. The van der Waals surface area contributed by atoms with Crippen LogP contribution in [0.4, 0.5) is 16.3 Å². The number of fused-ring (bicyclic) bond motifs is 1. The number of urea groups is 1. The Bertz CT molecular complexity index is 1190. The maximum atomic E-state index is 12.4. The molecule has 1 saturated heterocycles. The Kier molecular flexibility index (Phi) is 5.65. The number of hydrogen-bond donors (Lipinski definition) is 2. The predicted octanol–water partition coefficient (Wildman–Crippen LogP) is 4.00. The van der Waals surface area contributed by atoms with Crippen molar-refractivity contribution in [2.24, 2.45) is 0 Å². The molecular weight excluding hydrogens is 402 g/mol. The summed E-state index contributed by atoms with van der Waals surface area (Å²) >= 11 is 0. The van der Waals surface area contributed by atoms with E-state index in [0.717, 1.165) is 54.0 Å². The number of carbonyl (C=O) groups is 1. The molecule has 0 bridgehead atoms. The monoisotopic (exact) mass is 427 g/mol. The Morgan fingerprint density at radius 3 is 2.59 bits per heavy atom. The van der Waals surface area contributed by atoms with Gasteiger partial charge in [-0.2, -0.15) is 5.10 Å². The molecule has 1 aliphatic heterocycles. The van der Waals surface area contributed by atoms with Gasteiger partial charge in [0.2, 0.25) is 0 Å². The molecule has 32 heavy (non-hydrogen) atoms. The van der Waals surface area contributed by atoms with E-state index in [1.165, 1.54) is 0 Å². The molecule has 4 aromatic rings. The van der Waals surface area contributed by atoms with Crippen molar-refractivity contribution in [1.82, 2.24) is 25.1 Å². The van der Waals surface area contributed by atoms with Crippen LogP contribution in [0.2, 0.25) is 0 Å². The first kappa shape index (κ1) is 20.0. The molecule has 2 N–H and O–H groups in total. The number of para-hydroxylation sites is 2. The molecule has 2 aromatic heterocycles. The summed E-state index contributed by atoms with van der Waals surface area (Å²) in [7, 11) is 0. The Morgan fingerprint density at radius 1 is 1.00 bits per heavy atom. The summed E-state index contributed by atoms with van der Waals surface area (Å²) < 4.78 is 1.84. The molecule has 1 fully saturated rings. The lowest BCUT2D eigenvalue weighted by Gasteiger charge is -2.37. The van der Waals surface area contributed by atoms with Gasteiger partial charge in [0.25, 0.3) is 0 Å². The Hall–Kier alpha value is -3.94. The predicted molar refractivity (Wildman–Crippen MR) is 125 cm³/mol. The van der Waals surface area contributed by atoms with Crippen molar-refractivity contribution in [3.8, 4) is 5.69 Å². The first-order valence-electron chi connectivity index (χ1n) is 10.9. The number of piperidine rings is 1. The van der Waals surface area contributed by atoms with Gasteiger partial charge in [0.15, 0.2) is 5.65 Å². The lowest BCUT2D eigenvalue weighted by atomic mass is 10.0. The quantitative estimate of drug-likeness (QED) is 0.503. The van der Waals surface area contributed by atoms with Crippen LogP contribution in [0.15, 0.2) is 73.2 Å². The average Bonchev–Trinajstić information content (AvgIpc) is 3.29. The maximum absolute atomic E-state index is 12.4. The lowest BCUT2D eigenvalue weighted by Crippen LogP contribution is -2.48. The van der Waals surface area contributed by atoms with Crippen molar-refractivity contribution in [3.63, 3.8) is 0 Å². The number of benzene rings is 2. The number of rotatable bonds is 5. The summed E-state index contributed by atoms with van der Waals surface area (Å²) in [5, 5.41) is 11.4. The fraction of sp³-hybridized carbons (Fsp3) is 0.250. The third-order valence-electron chi connectivity index (χ3n) is 5.77. The van der Waals surface area contributed by atoms with Crippen LogP contribution in [0.5, 0.6) is 0 Å². The molecule has 2 amide bonds. The summed E-state index contributed by atoms with van der Waals surface area (Å²) in [5.74, 6) is 0.868. The Labute approximate surface area is 186 Å². The van der Waals surface area contributed by atoms with E-state index in [0.29, 0.717) is 6.54 Å². The number of hydrogen-bond acceptors (Lipinski definition) is 5. The van der Waals surface area contributed by atoms with Crippen LogP contribution in [-0.2, 0) is 0 Å². The topological polar surface area (TPSA) is 88.0 Å². The van der Waals surface area contributed by atoms with Gasteiger partial charge in [0, 0.05) is 24.8 Å². The van der Waals surface area contributed by atoms with E-state index in [1.807, 2.05) is 71.5 Å². The molecular formula is C24H25N7O. The molecule has 162 valence electrons. The lowest BCUT2D eigenvalue weighted by molar-refractivity contribution is 0.250. The van der Waals surface area contributed by atoms with Gasteiger partial charge in [-0.25, -0.2) is 19.4 Å². The minimum absolute atomic E-state index is 0.156. The Morgan fingerprint density at radius 2 is 1.78 bits per heavy atom. The first-order valence-corrected chi connectivity index (χ1v) is 10.9. The summed E-state index contributed by atoms with van der Waals surface area (Å²) in [6.07, 6.45) is 6.63. The molecule has 0 aliphatic carbocycles. The maximum Gasteiger partial charge on any atom is 0.319 e. The van der Waals surface area contributed by atoms with Gasteiger partial charge in [-0.15, -0.1) is 0 Å². The molecule has 3 heterocycles. The Balaban J connectivity index is 1.36. The van der Waals surface area contributed by atoms with Crippen molar-refractivity contribution in [2.45, 2.75) is 25.3 Å². The molecule has 5 rings (SSSR count). The van der Waals surface area contributed by atoms with E-state index < -0.39 is 0 Å². The van der Waals surface area contributed by atoms with Crippen LogP contribution in [0.25, 0.3) is 16.7 Å². The van der Waals surface area contributed by atoms with Gasteiger partial charge in [0.05, 0.1) is 17.3 Å². The van der Waals surface area contributed by atoms with Gasteiger partial charge < -0.3 is 15.5 Å². The van der Waals surface area contributed by atoms with Gasteiger partial charge in [-0.05, 0) is 43.5 Å². The van der Waals surface area contributed by atoms with Gasteiger partial charge in [-0.1, -0.05) is 36.4 Å². The largest absolute Gasteiger partial charge is 0.351 e. The van der Waals surface area contributed by atoms with Crippen LogP contribution >= 0.6 is 0 Å². The third kappa shape index (κ3) is 4.12. The minimum Gasteiger partial charge on any atom is -0.351 e. The second-order valence-corrected chi connectivity index (χ2v) is 7.87. The van der Waals surface area contributed by atoms with E-state index in [-0.39, 0.29) is 12.1 Å². The van der Waals surface area contributed by atoms with Gasteiger partial charge in [0.1, 0.15) is 12.1 Å². The van der Waals surface area contributed by atoms with E-state index in [2.05, 4.69) is 30.6 Å². The summed E-state index contributed by atoms with van der Waals surface area (Å²) in [5.41, 5.74) is 2.51. The fourth-order valence-corrected chi connectivity index (χ4v) is 4.22. The zero-order chi connectivity index (χ0) is 21.8. The number of nitrogens with one attached hydrogen (secondary N) is 2. The molecule has 1 aliphatic rings. The SMILES string of the molecule is O=C(NCC1CCCCN1c1ncnc2c1cnn2-c1ccccc1)Nc1ccccc1. The van der Waals surface area contributed by atoms with Crippen molar-refractivity contribution >= 4 is 28.6 Å². The molecule has 1 unspecified atom stereocenters. The number of amides is 2. The number of aromatic nitrogens is 4. The third-order valence-corrected chi connectivity index (χ3v) is 5.77. The smallest absolute Gasteiger partial charge is 0.319 e. The highest BCUT2D eigenvalue weighted by Crippen LogP contribution is 2.29. The second kappa shape index (κ2) is 9.05. The highest BCUT2D eigenvalue weighted by Gasteiger charge is 2.26.